The molecule has 13 heavy (non-hydrogen) atoms. The molecule has 0 aliphatic carbocycles. The zero-order chi connectivity index (χ0) is 10.3. The minimum Gasteiger partial charge on any atom is -0.378 e. The first-order chi connectivity index (χ1) is 5.99. The van der Waals surface area contributed by atoms with Crippen molar-refractivity contribution in [2.45, 2.75) is 66.4 Å². The first-order valence-corrected chi connectivity index (χ1v) is 5.61. The summed E-state index contributed by atoms with van der Waals surface area (Å²) in [6.45, 7) is 12.1. The SMILES string of the molecule is CCC(C)(C)C.CCC1CCCO1. The molecule has 1 aliphatic rings. The quantitative estimate of drug-likeness (QED) is 0.601. The molecule has 1 unspecified atom stereocenters. The van der Waals surface area contributed by atoms with E-state index in [0.717, 1.165) is 6.61 Å². The smallest absolute Gasteiger partial charge is 0.0573 e. The Morgan fingerprint density at radius 3 is 1.92 bits per heavy atom. The third-order valence-electron chi connectivity index (χ3n) is 2.54. The van der Waals surface area contributed by atoms with Crippen LogP contribution < -0.4 is 0 Å². The largest absolute Gasteiger partial charge is 0.378 e. The van der Waals surface area contributed by atoms with E-state index in [2.05, 4.69) is 34.6 Å². The average molecular weight is 186 g/mol. The Morgan fingerprint density at radius 2 is 1.77 bits per heavy atom. The van der Waals surface area contributed by atoms with E-state index in [4.69, 9.17) is 4.74 Å². The first-order valence-electron chi connectivity index (χ1n) is 5.61. The zero-order valence-electron chi connectivity index (χ0n) is 10.0. The van der Waals surface area contributed by atoms with Gasteiger partial charge in [-0.05, 0) is 24.7 Å². The minimum absolute atomic E-state index is 0.542. The minimum atomic E-state index is 0.542. The lowest BCUT2D eigenvalue weighted by Gasteiger charge is -2.12. The van der Waals surface area contributed by atoms with Crippen LogP contribution in [0.5, 0.6) is 0 Å². The van der Waals surface area contributed by atoms with Gasteiger partial charge in [0.05, 0.1) is 6.10 Å². The summed E-state index contributed by atoms with van der Waals surface area (Å²) < 4.78 is 5.30. The predicted octanol–water partition coefficient (Wildman–Crippen LogP) is 4.02. The third kappa shape index (κ3) is 8.29. The molecule has 0 aromatic rings. The molecule has 0 aromatic carbocycles. The van der Waals surface area contributed by atoms with Gasteiger partial charge in [-0.3, -0.25) is 0 Å². The molecule has 0 radical (unpaired) electrons. The van der Waals surface area contributed by atoms with Crippen LogP contribution in [0, 0.1) is 5.41 Å². The molecular formula is C12H26O. The second-order valence-electron chi connectivity index (χ2n) is 4.96. The monoisotopic (exact) mass is 186 g/mol. The fourth-order valence-electron chi connectivity index (χ4n) is 0.966. The topological polar surface area (TPSA) is 9.23 Å². The lowest BCUT2D eigenvalue weighted by Crippen LogP contribution is -2.00. The highest BCUT2D eigenvalue weighted by molar-refractivity contribution is 4.61. The van der Waals surface area contributed by atoms with Crippen molar-refractivity contribution in [3.8, 4) is 0 Å². The summed E-state index contributed by atoms with van der Waals surface area (Å²) >= 11 is 0. The van der Waals surface area contributed by atoms with Crippen LogP contribution in [-0.2, 0) is 4.74 Å². The van der Waals surface area contributed by atoms with E-state index in [9.17, 15) is 0 Å². The summed E-state index contributed by atoms with van der Waals surface area (Å²) in [5.41, 5.74) is 0.542. The van der Waals surface area contributed by atoms with Gasteiger partial charge in [-0.2, -0.15) is 0 Å². The maximum absolute atomic E-state index is 5.30. The predicted molar refractivity (Wildman–Crippen MR) is 59.0 cm³/mol. The highest BCUT2D eigenvalue weighted by Gasteiger charge is 2.11. The second kappa shape index (κ2) is 6.42. The van der Waals surface area contributed by atoms with E-state index in [1.54, 1.807) is 0 Å². The van der Waals surface area contributed by atoms with Gasteiger partial charge in [0.25, 0.3) is 0 Å². The lowest BCUT2D eigenvalue weighted by molar-refractivity contribution is 0.108. The van der Waals surface area contributed by atoms with Gasteiger partial charge >= 0.3 is 0 Å². The van der Waals surface area contributed by atoms with Crippen LogP contribution in [0.2, 0.25) is 0 Å². The van der Waals surface area contributed by atoms with Crippen LogP contribution in [0.25, 0.3) is 0 Å². The van der Waals surface area contributed by atoms with Crippen LogP contribution in [0.3, 0.4) is 0 Å². The van der Waals surface area contributed by atoms with Crippen molar-refractivity contribution in [3.05, 3.63) is 0 Å². The highest BCUT2D eigenvalue weighted by atomic mass is 16.5. The molecule has 1 nitrogen and oxygen atoms in total. The Bertz CT molecular complexity index is 107. The Labute approximate surface area is 83.9 Å². The molecule has 0 bridgehead atoms. The summed E-state index contributed by atoms with van der Waals surface area (Å²) in [6.07, 6.45) is 5.63. The maximum Gasteiger partial charge on any atom is 0.0573 e. The number of hydrogen-bond donors (Lipinski definition) is 0. The summed E-state index contributed by atoms with van der Waals surface area (Å²) in [5, 5.41) is 0. The van der Waals surface area contributed by atoms with Gasteiger partial charge in [-0.1, -0.05) is 41.0 Å². The van der Waals surface area contributed by atoms with Crippen LogP contribution in [0.1, 0.15) is 60.3 Å². The number of hydrogen-bond acceptors (Lipinski definition) is 1. The second-order valence-corrected chi connectivity index (χ2v) is 4.96. The summed E-state index contributed by atoms with van der Waals surface area (Å²) in [4.78, 5) is 0. The van der Waals surface area contributed by atoms with Crippen LogP contribution in [0.15, 0.2) is 0 Å². The van der Waals surface area contributed by atoms with Crippen molar-refractivity contribution in [2.24, 2.45) is 5.41 Å². The van der Waals surface area contributed by atoms with E-state index < -0.39 is 0 Å². The normalized spacial score (nSPS) is 22.4. The van der Waals surface area contributed by atoms with Crippen LogP contribution >= 0.6 is 0 Å². The molecule has 1 heterocycles. The van der Waals surface area contributed by atoms with Gasteiger partial charge in [-0.15, -0.1) is 0 Å². The van der Waals surface area contributed by atoms with E-state index in [1.165, 1.54) is 25.7 Å². The summed E-state index contributed by atoms with van der Waals surface area (Å²) in [5.74, 6) is 0. The molecule has 1 saturated heterocycles. The van der Waals surface area contributed by atoms with Gasteiger partial charge in [0.1, 0.15) is 0 Å². The molecule has 1 rings (SSSR count). The molecule has 1 heteroatoms. The Morgan fingerprint density at radius 1 is 1.23 bits per heavy atom. The fourth-order valence-corrected chi connectivity index (χ4v) is 0.966. The van der Waals surface area contributed by atoms with Gasteiger partial charge in [-0.25, -0.2) is 0 Å². The highest BCUT2D eigenvalue weighted by Crippen LogP contribution is 2.16. The van der Waals surface area contributed by atoms with Crippen LogP contribution in [0.4, 0.5) is 0 Å². The molecular weight excluding hydrogens is 160 g/mol. The first kappa shape index (κ1) is 13.0. The van der Waals surface area contributed by atoms with Crippen molar-refractivity contribution in [1.82, 2.24) is 0 Å². The van der Waals surface area contributed by atoms with Crippen molar-refractivity contribution < 1.29 is 4.74 Å². The Kier molecular flexibility index (Phi) is 6.40. The molecule has 0 spiro atoms. The molecule has 0 aromatic heterocycles. The standard InChI is InChI=1S/C6H12O.C6H14/c1-2-6-4-3-5-7-6;1-5-6(2,3)4/h6H,2-5H2,1H3;5H2,1-4H3. The molecule has 1 aliphatic heterocycles. The third-order valence-corrected chi connectivity index (χ3v) is 2.54. The summed E-state index contributed by atoms with van der Waals surface area (Å²) in [6, 6.07) is 0. The Balaban J connectivity index is 0.000000226. The number of rotatable bonds is 1. The molecule has 1 atom stereocenters. The number of ether oxygens (including phenoxy) is 1. The average Bonchev–Trinajstić information content (AvgIpc) is 2.56. The van der Waals surface area contributed by atoms with Crippen molar-refractivity contribution in [2.75, 3.05) is 6.61 Å². The molecule has 80 valence electrons. The molecule has 0 saturated carbocycles. The van der Waals surface area contributed by atoms with Gasteiger partial charge in [0.2, 0.25) is 0 Å². The van der Waals surface area contributed by atoms with Gasteiger partial charge in [0.15, 0.2) is 0 Å². The van der Waals surface area contributed by atoms with E-state index >= 15 is 0 Å². The van der Waals surface area contributed by atoms with E-state index in [0.29, 0.717) is 11.5 Å². The van der Waals surface area contributed by atoms with Crippen molar-refractivity contribution in [3.63, 3.8) is 0 Å². The van der Waals surface area contributed by atoms with E-state index in [1.807, 2.05) is 0 Å². The van der Waals surface area contributed by atoms with Crippen molar-refractivity contribution in [1.29, 1.82) is 0 Å². The van der Waals surface area contributed by atoms with Crippen LogP contribution in [-0.4, -0.2) is 12.7 Å². The lowest BCUT2D eigenvalue weighted by atomic mass is 9.94. The van der Waals surface area contributed by atoms with Crippen molar-refractivity contribution >= 4 is 0 Å². The fraction of sp³-hybridized carbons (Fsp3) is 1.00. The summed E-state index contributed by atoms with van der Waals surface area (Å²) in [7, 11) is 0. The van der Waals surface area contributed by atoms with Gasteiger partial charge < -0.3 is 4.74 Å². The Hall–Kier alpha value is -0.0400. The molecule has 1 fully saturated rings. The van der Waals surface area contributed by atoms with Gasteiger partial charge in [0, 0.05) is 6.61 Å². The maximum atomic E-state index is 5.30. The molecule has 0 amide bonds. The van der Waals surface area contributed by atoms with E-state index in [-0.39, 0.29) is 0 Å². The zero-order valence-corrected chi connectivity index (χ0v) is 10.0. The molecule has 0 N–H and O–H groups in total.